The van der Waals surface area contributed by atoms with E-state index < -0.39 is 11.9 Å². The summed E-state index contributed by atoms with van der Waals surface area (Å²) in [7, 11) is 0. The Morgan fingerprint density at radius 3 is 1.71 bits per heavy atom. The fourth-order valence-electron chi connectivity index (χ4n) is 2.34. The number of carboxylic acids is 2. The molecular weight excluding hydrogens is 320 g/mol. The number of carbonyl (C=O) groups is 2. The minimum atomic E-state index is -1.17. The summed E-state index contributed by atoms with van der Waals surface area (Å²) in [5.74, 6) is -2.33. The first-order valence-electron chi connectivity index (χ1n) is 7.51. The molecule has 8 heteroatoms. The highest BCUT2D eigenvalue weighted by Crippen LogP contribution is 2.22. The van der Waals surface area contributed by atoms with Crippen molar-refractivity contribution in [2.75, 3.05) is 39.6 Å². The van der Waals surface area contributed by atoms with E-state index in [1.807, 2.05) is 0 Å². The number of rotatable bonds is 12. The summed E-state index contributed by atoms with van der Waals surface area (Å²) in [5, 5.41) is 36.3. The first-order valence-corrected chi connectivity index (χ1v) is 7.51. The summed E-state index contributed by atoms with van der Waals surface area (Å²) in [6, 6.07) is 2.50. The molecule has 0 heterocycles. The van der Waals surface area contributed by atoms with Gasteiger partial charge >= 0.3 is 11.9 Å². The first kappa shape index (κ1) is 20.0. The lowest BCUT2D eigenvalue weighted by molar-refractivity contribution is 0.0339. The van der Waals surface area contributed by atoms with Gasteiger partial charge in [0.2, 0.25) is 0 Å². The highest BCUT2D eigenvalue weighted by Gasteiger charge is 2.20. The Balaban J connectivity index is 2.86. The third-order valence-electron chi connectivity index (χ3n) is 3.36. The molecule has 24 heavy (non-hydrogen) atoms. The molecule has 0 saturated heterocycles. The average Bonchev–Trinajstić information content (AvgIpc) is 2.54. The number of hydrogen-bond acceptors (Lipinski definition) is 6. The number of aliphatic hydroxyl groups is 2. The maximum atomic E-state index is 11.4. The van der Waals surface area contributed by atoms with E-state index in [1.54, 1.807) is 0 Å². The van der Waals surface area contributed by atoms with Crippen LogP contribution in [0.4, 0.5) is 0 Å². The van der Waals surface area contributed by atoms with Gasteiger partial charge in [0.25, 0.3) is 0 Å². The van der Waals surface area contributed by atoms with Crippen LogP contribution < -0.4 is 0 Å². The van der Waals surface area contributed by atoms with Gasteiger partial charge in [-0.05, 0) is 36.1 Å². The molecule has 8 nitrogen and oxygen atoms in total. The Bertz CT molecular complexity index is 555. The number of carboxylic acid groups (broad SMARTS) is 2. The molecule has 0 amide bonds. The molecule has 0 radical (unpaired) electrons. The van der Waals surface area contributed by atoms with Crippen LogP contribution in [0.15, 0.2) is 12.1 Å². The van der Waals surface area contributed by atoms with Crippen LogP contribution in [0.1, 0.15) is 31.8 Å². The van der Waals surface area contributed by atoms with Crippen LogP contribution in [-0.4, -0.2) is 72.0 Å². The van der Waals surface area contributed by atoms with Crippen molar-refractivity contribution >= 4 is 11.9 Å². The van der Waals surface area contributed by atoms with Gasteiger partial charge in [0, 0.05) is 6.61 Å². The number of aliphatic hydroxyl groups excluding tert-OH is 2. The molecule has 1 rings (SSSR count). The van der Waals surface area contributed by atoms with Gasteiger partial charge in [-0.25, -0.2) is 9.59 Å². The summed E-state index contributed by atoms with van der Waals surface area (Å²) in [6.07, 6.45) is 0.260. The van der Waals surface area contributed by atoms with E-state index in [0.29, 0.717) is 17.7 Å². The lowest BCUT2D eigenvalue weighted by Gasteiger charge is -2.15. The van der Waals surface area contributed by atoms with Crippen molar-refractivity contribution < 1.29 is 39.5 Å². The molecule has 4 N–H and O–H groups in total. The second-order valence-corrected chi connectivity index (χ2v) is 4.90. The summed E-state index contributed by atoms with van der Waals surface area (Å²) >= 11 is 0. The normalized spacial score (nSPS) is 10.8. The van der Waals surface area contributed by atoms with Crippen LogP contribution in [-0.2, 0) is 22.3 Å². The first-order chi connectivity index (χ1) is 11.5. The Labute approximate surface area is 139 Å². The monoisotopic (exact) mass is 342 g/mol. The largest absolute Gasteiger partial charge is 0.478 e. The maximum absolute atomic E-state index is 11.4. The van der Waals surface area contributed by atoms with E-state index in [9.17, 15) is 19.8 Å². The SMILES string of the molecule is O=C(O)c1ccc(C(=O)O)c(CCOCCOCCO)c1CCO. The van der Waals surface area contributed by atoms with Crippen LogP contribution in [0.5, 0.6) is 0 Å². The van der Waals surface area contributed by atoms with E-state index in [2.05, 4.69) is 0 Å². The second kappa shape index (κ2) is 10.7. The molecule has 0 bridgehead atoms. The smallest absolute Gasteiger partial charge is 0.335 e. The Hall–Kier alpha value is -2.00. The van der Waals surface area contributed by atoms with E-state index >= 15 is 0 Å². The summed E-state index contributed by atoms with van der Waals surface area (Å²) < 4.78 is 10.4. The van der Waals surface area contributed by atoms with Crippen LogP contribution in [0, 0.1) is 0 Å². The topological polar surface area (TPSA) is 134 Å². The molecule has 0 fully saturated rings. The quantitative estimate of drug-likeness (QED) is 0.396. The zero-order chi connectivity index (χ0) is 17.9. The molecular formula is C16H22O8. The number of hydrogen-bond donors (Lipinski definition) is 4. The van der Waals surface area contributed by atoms with Crippen molar-refractivity contribution in [3.63, 3.8) is 0 Å². The molecule has 0 aliphatic heterocycles. The molecule has 0 aliphatic rings. The standard InChI is InChI=1S/C16H22O8/c17-5-3-11-12(4-7-23-9-10-24-8-6-18)14(16(21)22)2-1-13(11)15(19)20/h1-2,17-18H,3-10H2,(H,19,20)(H,21,22). The fraction of sp³-hybridized carbons (Fsp3) is 0.500. The highest BCUT2D eigenvalue weighted by atomic mass is 16.5. The lowest BCUT2D eigenvalue weighted by Crippen LogP contribution is -2.15. The Kier molecular flexibility index (Phi) is 8.95. The van der Waals surface area contributed by atoms with Crippen molar-refractivity contribution in [2.45, 2.75) is 12.8 Å². The van der Waals surface area contributed by atoms with Gasteiger partial charge in [-0.15, -0.1) is 0 Å². The van der Waals surface area contributed by atoms with Crippen molar-refractivity contribution in [1.29, 1.82) is 0 Å². The molecule has 0 atom stereocenters. The predicted octanol–water partition coefficient (Wildman–Crippen LogP) is 0.186. The zero-order valence-electron chi connectivity index (χ0n) is 13.2. The minimum absolute atomic E-state index is 0.00332. The summed E-state index contributed by atoms with van der Waals surface area (Å²) in [4.78, 5) is 22.7. The van der Waals surface area contributed by atoms with Gasteiger partial charge in [-0.2, -0.15) is 0 Å². The maximum Gasteiger partial charge on any atom is 0.335 e. The highest BCUT2D eigenvalue weighted by molar-refractivity contribution is 5.95. The average molecular weight is 342 g/mol. The van der Waals surface area contributed by atoms with E-state index in [4.69, 9.17) is 19.7 Å². The third-order valence-corrected chi connectivity index (χ3v) is 3.36. The molecule has 0 saturated carbocycles. The lowest BCUT2D eigenvalue weighted by atomic mass is 9.92. The summed E-state index contributed by atoms with van der Waals surface area (Å²) in [5.41, 5.74) is 0.650. The molecule has 1 aromatic carbocycles. The number of benzene rings is 1. The molecule has 0 spiro atoms. The van der Waals surface area contributed by atoms with E-state index in [0.717, 1.165) is 0 Å². The van der Waals surface area contributed by atoms with Crippen LogP contribution in [0.3, 0.4) is 0 Å². The number of ether oxygens (including phenoxy) is 2. The van der Waals surface area contributed by atoms with Crippen molar-refractivity contribution in [1.82, 2.24) is 0 Å². The zero-order valence-corrected chi connectivity index (χ0v) is 13.2. The molecule has 0 aromatic heterocycles. The van der Waals surface area contributed by atoms with Crippen LogP contribution in [0.2, 0.25) is 0 Å². The van der Waals surface area contributed by atoms with Gasteiger partial charge < -0.3 is 29.9 Å². The Morgan fingerprint density at radius 2 is 1.25 bits per heavy atom. The van der Waals surface area contributed by atoms with Crippen LogP contribution in [0.25, 0.3) is 0 Å². The van der Waals surface area contributed by atoms with Gasteiger partial charge in [0.15, 0.2) is 0 Å². The van der Waals surface area contributed by atoms with Gasteiger partial charge in [0.1, 0.15) is 0 Å². The fourth-order valence-corrected chi connectivity index (χ4v) is 2.34. The van der Waals surface area contributed by atoms with E-state index in [-0.39, 0.29) is 57.0 Å². The van der Waals surface area contributed by atoms with Gasteiger partial charge in [-0.3, -0.25) is 0 Å². The molecule has 0 aliphatic carbocycles. The van der Waals surface area contributed by atoms with E-state index in [1.165, 1.54) is 12.1 Å². The number of aromatic carboxylic acids is 2. The minimum Gasteiger partial charge on any atom is -0.478 e. The predicted molar refractivity (Wildman–Crippen MR) is 83.6 cm³/mol. The third kappa shape index (κ3) is 5.89. The molecule has 134 valence electrons. The van der Waals surface area contributed by atoms with Gasteiger partial charge in [-0.1, -0.05) is 0 Å². The molecule has 0 unspecified atom stereocenters. The Morgan fingerprint density at radius 1 is 0.750 bits per heavy atom. The van der Waals surface area contributed by atoms with Crippen LogP contribution >= 0.6 is 0 Å². The van der Waals surface area contributed by atoms with Gasteiger partial charge in [0.05, 0.1) is 44.2 Å². The van der Waals surface area contributed by atoms with Crippen molar-refractivity contribution in [2.24, 2.45) is 0 Å². The second-order valence-electron chi connectivity index (χ2n) is 4.90. The van der Waals surface area contributed by atoms with Crippen molar-refractivity contribution in [3.8, 4) is 0 Å². The van der Waals surface area contributed by atoms with Crippen molar-refractivity contribution in [3.05, 3.63) is 34.4 Å². The summed E-state index contributed by atoms with van der Waals surface area (Å²) in [6.45, 7) is 0.611. The molecule has 1 aromatic rings.